The van der Waals surface area contributed by atoms with Gasteiger partial charge in [0.2, 0.25) is 0 Å². The van der Waals surface area contributed by atoms with E-state index in [4.69, 9.17) is 10.5 Å². The Morgan fingerprint density at radius 1 is 1.15 bits per heavy atom. The molecule has 0 atom stereocenters. The fourth-order valence-corrected chi connectivity index (χ4v) is 1.17. The van der Waals surface area contributed by atoms with Gasteiger partial charge in [0.1, 0.15) is 0 Å². The minimum absolute atomic E-state index is 0.285. The van der Waals surface area contributed by atoms with E-state index in [1.165, 1.54) is 6.92 Å². The van der Waals surface area contributed by atoms with Gasteiger partial charge in [-0.3, -0.25) is 0 Å². The van der Waals surface area contributed by atoms with E-state index in [0.717, 1.165) is 0 Å². The highest BCUT2D eigenvalue weighted by atomic mass is 16.5. The Morgan fingerprint density at radius 2 is 1.54 bits per heavy atom. The first-order chi connectivity index (χ1) is 6.02. The summed E-state index contributed by atoms with van der Waals surface area (Å²) in [4.78, 5) is 0. The lowest BCUT2D eigenvalue weighted by molar-refractivity contribution is -0.187. The molecule has 0 aromatic carbocycles. The third-order valence-corrected chi connectivity index (χ3v) is 1.98. The number of hydrogen-bond acceptors (Lipinski definition) is 4. The van der Waals surface area contributed by atoms with Crippen molar-refractivity contribution >= 4 is 0 Å². The topological polar surface area (TPSA) is 88.0 Å². The maximum Gasteiger partial charge on any atom is 0.162 e. The zero-order valence-corrected chi connectivity index (χ0v) is 7.69. The Balaban J connectivity index is 4.06. The number of hydrogen-bond donors (Lipinski definition) is 2. The molecule has 0 aliphatic rings. The van der Waals surface area contributed by atoms with Crippen LogP contribution in [-0.2, 0) is 0 Å². The smallest absolute Gasteiger partial charge is 0.162 e. The van der Waals surface area contributed by atoms with Crippen LogP contribution < -0.4 is 0 Å². The normalized spacial score (nSPS) is 10.9. The predicted octanol–water partition coefficient (Wildman–Crippen LogP) is 0.911. The predicted molar refractivity (Wildman–Crippen MR) is 46.0 cm³/mol. The van der Waals surface area contributed by atoms with Gasteiger partial charge in [0.15, 0.2) is 5.79 Å². The van der Waals surface area contributed by atoms with Crippen LogP contribution in [0, 0.1) is 28.6 Å². The fraction of sp³-hybridized carbons (Fsp3) is 0.778. The monoisotopic (exact) mass is 182 g/mol. The van der Waals surface area contributed by atoms with Crippen molar-refractivity contribution < 1.29 is 10.2 Å². The van der Waals surface area contributed by atoms with E-state index in [1.807, 2.05) is 12.1 Å². The first kappa shape index (κ1) is 11.9. The van der Waals surface area contributed by atoms with Crippen LogP contribution in [0.4, 0.5) is 0 Å². The van der Waals surface area contributed by atoms with E-state index < -0.39 is 11.7 Å². The lowest BCUT2D eigenvalue weighted by atomic mass is 9.90. The van der Waals surface area contributed by atoms with Crippen molar-refractivity contribution in [2.24, 2.45) is 5.92 Å². The van der Waals surface area contributed by atoms with Crippen LogP contribution in [-0.4, -0.2) is 16.0 Å². The van der Waals surface area contributed by atoms with Crippen molar-refractivity contribution in [2.45, 2.75) is 38.4 Å². The molecule has 0 aromatic rings. The van der Waals surface area contributed by atoms with Crippen LogP contribution in [0.25, 0.3) is 0 Å². The number of aliphatic hydroxyl groups is 2. The molecular formula is C9H14N2O2. The SMILES string of the molecule is CC(O)(O)C(CCC#N)CCC#N. The lowest BCUT2D eigenvalue weighted by Gasteiger charge is -2.26. The Bertz CT molecular complexity index is 201. The second-order valence-electron chi connectivity index (χ2n) is 3.18. The molecule has 4 nitrogen and oxygen atoms in total. The van der Waals surface area contributed by atoms with E-state index in [9.17, 15) is 10.2 Å². The molecule has 0 amide bonds. The van der Waals surface area contributed by atoms with Gasteiger partial charge in [0.25, 0.3) is 0 Å². The first-order valence-corrected chi connectivity index (χ1v) is 4.21. The summed E-state index contributed by atoms with van der Waals surface area (Å²) in [5.41, 5.74) is 0. The second-order valence-corrected chi connectivity index (χ2v) is 3.18. The third-order valence-electron chi connectivity index (χ3n) is 1.98. The van der Waals surface area contributed by atoms with Crippen molar-refractivity contribution in [1.82, 2.24) is 0 Å². The molecule has 0 saturated carbocycles. The van der Waals surface area contributed by atoms with Gasteiger partial charge in [-0.25, -0.2) is 0 Å². The van der Waals surface area contributed by atoms with Gasteiger partial charge in [-0.15, -0.1) is 0 Å². The summed E-state index contributed by atoms with van der Waals surface area (Å²) in [6.45, 7) is 1.28. The summed E-state index contributed by atoms with van der Waals surface area (Å²) in [5.74, 6) is -2.18. The molecule has 0 fully saturated rings. The molecule has 0 bridgehead atoms. The summed E-state index contributed by atoms with van der Waals surface area (Å²) in [6, 6.07) is 3.88. The van der Waals surface area contributed by atoms with Crippen molar-refractivity contribution in [2.75, 3.05) is 0 Å². The minimum atomic E-state index is -1.78. The molecule has 0 aliphatic carbocycles. The van der Waals surface area contributed by atoms with Gasteiger partial charge in [0, 0.05) is 18.8 Å². The van der Waals surface area contributed by atoms with Gasteiger partial charge >= 0.3 is 0 Å². The van der Waals surface area contributed by atoms with Crippen LogP contribution in [0.2, 0.25) is 0 Å². The summed E-state index contributed by atoms with van der Waals surface area (Å²) in [7, 11) is 0. The van der Waals surface area contributed by atoms with Gasteiger partial charge in [-0.05, 0) is 19.8 Å². The van der Waals surface area contributed by atoms with Gasteiger partial charge in [-0.1, -0.05) is 0 Å². The zero-order chi connectivity index (χ0) is 10.3. The quantitative estimate of drug-likeness (QED) is 0.618. The highest BCUT2D eigenvalue weighted by Crippen LogP contribution is 2.24. The third kappa shape index (κ3) is 5.19. The van der Waals surface area contributed by atoms with Crippen molar-refractivity contribution in [3.63, 3.8) is 0 Å². The molecule has 13 heavy (non-hydrogen) atoms. The zero-order valence-electron chi connectivity index (χ0n) is 7.69. The van der Waals surface area contributed by atoms with Gasteiger partial charge < -0.3 is 10.2 Å². The van der Waals surface area contributed by atoms with Gasteiger partial charge in [0.05, 0.1) is 12.1 Å². The molecule has 0 saturated heterocycles. The molecule has 0 radical (unpaired) electrons. The van der Waals surface area contributed by atoms with Crippen molar-refractivity contribution in [3.05, 3.63) is 0 Å². The molecule has 72 valence electrons. The van der Waals surface area contributed by atoms with Crippen LogP contribution >= 0.6 is 0 Å². The van der Waals surface area contributed by atoms with Gasteiger partial charge in [-0.2, -0.15) is 10.5 Å². The molecule has 2 N–H and O–H groups in total. The molecule has 0 rings (SSSR count). The molecule has 0 unspecified atom stereocenters. The molecule has 0 aromatic heterocycles. The largest absolute Gasteiger partial charge is 0.366 e. The average Bonchev–Trinajstić information content (AvgIpc) is 2.02. The Labute approximate surface area is 78.0 Å². The van der Waals surface area contributed by atoms with E-state index in [2.05, 4.69) is 0 Å². The van der Waals surface area contributed by atoms with E-state index in [-0.39, 0.29) is 12.8 Å². The van der Waals surface area contributed by atoms with Crippen molar-refractivity contribution in [3.8, 4) is 12.1 Å². The summed E-state index contributed by atoms with van der Waals surface area (Å²) in [5, 5.41) is 35.2. The van der Waals surface area contributed by atoms with Crippen LogP contribution in [0.1, 0.15) is 32.6 Å². The Kier molecular flexibility index (Phi) is 5.06. The Hall–Kier alpha value is -1.10. The summed E-state index contributed by atoms with van der Waals surface area (Å²) in [6.07, 6.45) is 1.41. The highest BCUT2D eigenvalue weighted by molar-refractivity contribution is 4.81. The van der Waals surface area contributed by atoms with Crippen molar-refractivity contribution in [1.29, 1.82) is 10.5 Å². The maximum absolute atomic E-state index is 9.27. The average molecular weight is 182 g/mol. The fourth-order valence-electron chi connectivity index (χ4n) is 1.17. The van der Waals surface area contributed by atoms with Crippen LogP contribution in [0.5, 0.6) is 0 Å². The minimum Gasteiger partial charge on any atom is -0.366 e. The van der Waals surface area contributed by atoms with E-state index in [1.54, 1.807) is 0 Å². The molecule has 0 heterocycles. The summed E-state index contributed by atoms with van der Waals surface area (Å²) >= 11 is 0. The van der Waals surface area contributed by atoms with E-state index in [0.29, 0.717) is 12.8 Å². The molecular weight excluding hydrogens is 168 g/mol. The summed E-state index contributed by atoms with van der Waals surface area (Å²) < 4.78 is 0. The number of rotatable bonds is 5. The van der Waals surface area contributed by atoms with Crippen LogP contribution in [0.15, 0.2) is 0 Å². The van der Waals surface area contributed by atoms with E-state index >= 15 is 0 Å². The second kappa shape index (κ2) is 5.53. The van der Waals surface area contributed by atoms with Crippen LogP contribution in [0.3, 0.4) is 0 Å². The molecule has 0 spiro atoms. The molecule has 4 heteroatoms. The lowest BCUT2D eigenvalue weighted by Crippen LogP contribution is -2.34. The molecule has 0 aliphatic heterocycles. The standard InChI is InChI=1S/C9H14N2O2/c1-9(12,13)8(4-2-6-10)5-3-7-11/h8,12-13H,2-5H2,1H3. The maximum atomic E-state index is 9.27. The number of nitrogens with zero attached hydrogens (tertiary/aromatic N) is 2. The highest BCUT2D eigenvalue weighted by Gasteiger charge is 2.27. The first-order valence-electron chi connectivity index (χ1n) is 4.21. The number of nitriles is 2. The Morgan fingerprint density at radius 3 is 1.77 bits per heavy atom.